The van der Waals surface area contributed by atoms with E-state index in [1.165, 1.54) is 0 Å². The number of ether oxygens (including phenoxy) is 2. The number of morpholine rings is 1. The normalized spacial score (nSPS) is 23.5. The average Bonchev–Trinajstić information content (AvgIpc) is 3.08. The van der Waals surface area contributed by atoms with Crippen LogP contribution in [0.1, 0.15) is 12.8 Å². The molecule has 1 aromatic carbocycles. The number of halogens is 1. The largest absolute Gasteiger partial charge is 0.483 e. The first kappa shape index (κ1) is 22.9. The van der Waals surface area contributed by atoms with Crippen LogP contribution in [0.5, 0.6) is 5.75 Å². The lowest BCUT2D eigenvalue weighted by atomic mass is 10.1. The van der Waals surface area contributed by atoms with Crippen LogP contribution in [-0.4, -0.2) is 78.5 Å². The smallest absolute Gasteiger partial charge is 0.290 e. The number of carboxylic acid groups (broad SMARTS) is 1. The van der Waals surface area contributed by atoms with Gasteiger partial charge in [-0.15, -0.1) is 0 Å². The summed E-state index contributed by atoms with van der Waals surface area (Å²) in [6, 6.07) is 6.44. The number of nitrogens with zero attached hydrogens (tertiary/aromatic N) is 1. The van der Waals surface area contributed by atoms with Gasteiger partial charge in [0.2, 0.25) is 5.91 Å². The number of nitrogens with one attached hydrogen (secondary N) is 1. The number of hydrogen-bond donors (Lipinski definition) is 3. The molecule has 2 aliphatic rings. The minimum atomic E-state index is -0.741. The van der Waals surface area contributed by atoms with E-state index in [-0.39, 0.29) is 30.8 Å². The number of amides is 2. The third kappa shape index (κ3) is 6.88. The first-order valence-corrected chi connectivity index (χ1v) is 9.63. The molecule has 2 fully saturated rings. The molecule has 3 atom stereocenters. The molecular formula is C19H25ClN2O7. The Balaban J connectivity index is 0.000000941. The maximum atomic E-state index is 12.5. The molecular weight excluding hydrogens is 404 g/mol. The zero-order chi connectivity index (χ0) is 21.2. The number of para-hydroxylation sites is 1. The Bertz CT molecular complexity index is 697. The van der Waals surface area contributed by atoms with Crippen molar-refractivity contribution >= 4 is 29.9 Å². The topological polar surface area (TPSA) is 125 Å². The molecule has 9 nitrogen and oxygen atoms in total. The summed E-state index contributed by atoms with van der Waals surface area (Å²) in [5.41, 5.74) is 0. The van der Waals surface area contributed by atoms with Crippen molar-refractivity contribution in [3.63, 3.8) is 0 Å². The van der Waals surface area contributed by atoms with E-state index in [1.807, 2.05) is 0 Å². The number of carbonyl (C=O) groups is 3. The van der Waals surface area contributed by atoms with Crippen LogP contribution in [0, 0.1) is 5.92 Å². The Hall–Kier alpha value is -2.36. The quantitative estimate of drug-likeness (QED) is 0.584. The maximum absolute atomic E-state index is 12.5. The molecule has 1 aliphatic heterocycles. The number of aliphatic hydroxyl groups is 1. The number of hydrogen-bond acceptors (Lipinski definition) is 6. The molecule has 3 rings (SSSR count). The summed E-state index contributed by atoms with van der Waals surface area (Å²) in [6.07, 6.45) is 0.0380. The summed E-state index contributed by atoms with van der Waals surface area (Å²) in [5, 5.41) is 20.3. The molecule has 3 N–H and O–H groups in total. The van der Waals surface area contributed by atoms with Crippen molar-refractivity contribution in [2.24, 2.45) is 5.92 Å². The van der Waals surface area contributed by atoms with E-state index in [1.54, 1.807) is 29.2 Å². The van der Waals surface area contributed by atoms with Gasteiger partial charge in [-0.05, 0) is 25.0 Å². The standard InChI is InChI=1S/C18H23ClN2O5.CH2O2/c19-13-3-1-2-4-16(13)26-11-17(23)20-14-9-12(10-15(14)22)18(24)21-5-7-25-8-6-21;2-1-3/h1-4,12,14-15,22H,5-11H2,(H,20,23);1H,(H,2,3)/t12-,14+,15+;/m0./s1. The van der Waals surface area contributed by atoms with Gasteiger partial charge < -0.3 is 29.9 Å². The van der Waals surface area contributed by atoms with Crippen molar-refractivity contribution < 1.29 is 34.1 Å². The molecule has 0 unspecified atom stereocenters. The highest BCUT2D eigenvalue weighted by Crippen LogP contribution is 2.28. The van der Waals surface area contributed by atoms with Crippen molar-refractivity contribution in [3.8, 4) is 5.75 Å². The molecule has 0 spiro atoms. The van der Waals surface area contributed by atoms with Crippen LogP contribution >= 0.6 is 11.6 Å². The lowest BCUT2D eigenvalue weighted by Crippen LogP contribution is -2.44. The fraction of sp³-hybridized carbons (Fsp3) is 0.526. The minimum absolute atomic E-state index is 0.0245. The zero-order valence-corrected chi connectivity index (χ0v) is 16.6. The van der Waals surface area contributed by atoms with E-state index < -0.39 is 12.1 Å². The predicted octanol–water partition coefficient (Wildman–Crippen LogP) is 0.534. The van der Waals surface area contributed by atoms with Gasteiger partial charge in [-0.25, -0.2) is 0 Å². The van der Waals surface area contributed by atoms with Gasteiger partial charge in [0.05, 0.1) is 30.4 Å². The lowest BCUT2D eigenvalue weighted by molar-refractivity contribution is -0.139. The second kappa shape index (κ2) is 11.6. The molecule has 1 saturated carbocycles. The van der Waals surface area contributed by atoms with Gasteiger partial charge in [-0.2, -0.15) is 0 Å². The van der Waals surface area contributed by atoms with Gasteiger partial charge >= 0.3 is 0 Å². The van der Waals surface area contributed by atoms with E-state index >= 15 is 0 Å². The van der Waals surface area contributed by atoms with Gasteiger partial charge in [-0.1, -0.05) is 23.7 Å². The number of aliphatic hydroxyl groups excluding tert-OH is 1. The summed E-state index contributed by atoms with van der Waals surface area (Å²) in [7, 11) is 0. The molecule has 1 aliphatic carbocycles. The highest BCUT2D eigenvalue weighted by atomic mass is 35.5. The number of benzene rings is 1. The van der Waals surface area contributed by atoms with Gasteiger partial charge in [0.1, 0.15) is 5.75 Å². The van der Waals surface area contributed by atoms with Crippen molar-refractivity contribution in [2.45, 2.75) is 25.0 Å². The predicted molar refractivity (Wildman–Crippen MR) is 104 cm³/mol. The Labute approximate surface area is 173 Å². The molecule has 0 bridgehead atoms. The van der Waals surface area contributed by atoms with E-state index in [0.717, 1.165) is 0 Å². The maximum Gasteiger partial charge on any atom is 0.290 e. The molecule has 2 amide bonds. The van der Waals surface area contributed by atoms with E-state index in [9.17, 15) is 14.7 Å². The SMILES string of the molecule is O=C(COc1ccccc1Cl)N[C@@H]1C[C@H](C(=O)N2CCOCC2)C[C@H]1O.O=CO. The van der Waals surface area contributed by atoms with Gasteiger partial charge in [0.15, 0.2) is 6.61 Å². The van der Waals surface area contributed by atoms with Gasteiger partial charge in [0.25, 0.3) is 12.4 Å². The Morgan fingerprint density at radius 3 is 2.59 bits per heavy atom. The van der Waals surface area contributed by atoms with Crippen LogP contribution in [0.3, 0.4) is 0 Å². The third-order valence-electron chi connectivity index (χ3n) is 4.74. The summed E-state index contributed by atoms with van der Waals surface area (Å²) in [6.45, 7) is 1.79. The van der Waals surface area contributed by atoms with Crippen LogP contribution in [0.25, 0.3) is 0 Å². The first-order valence-electron chi connectivity index (χ1n) is 9.25. The molecule has 29 heavy (non-hydrogen) atoms. The lowest BCUT2D eigenvalue weighted by Gasteiger charge is -2.29. The fourth-order valence-electron chi connectivity index (χ4n) is 3.37. The van der Waals surface area contributed by atoms with Gasteiger partial charge in [0, 0.05) is 19.0 Å². The molecule has 0 aromatic heterocycles. The first-order chi connectivity index (χ1) is 14.0. The summed E-state index contributed by atoms with van der Waals surface area (Å²) < 4.78 is 10.7. The zero-order valence-electron chi connectivity index (χ0n) is 15.8. The fourth-order valence-corrected chi connectivity index (χ4v) is 3.56. The van der Waals surface area contributed by atoms with Crippen molar-refractivity contribution in [3.05, 3.63) is 29.3 Å². The van der Waals surface area contributed by atoms with Crippen molar-refractivity contribution in [1.82, 2.24) is 10.2 Å². The molecule has 10 heteroatoms. The summed E-state index contributed by atoms with van der Waals surface area (Å²) in [4.78, 5) is 34.8. The van der Waals surface area contributed by atoms with Crippen molar-refractivity contribution in [1.29, 1.82) is 0 Å². The molecule has 0 radical (unpaired) electrons. The Morgan fingerprint density at radius 1 is 1.28 bits per heavy atom. The van der Waals surface area contributed by atoms with E-state index in [0.29, 0.717) is 49.9 Å². The summed E-state index contributed by atoms with van der Waals surface area (Å²) >= 11 is 5.98. The van der Waals surface area contributed by atoms with Crippen LogP contribution in [0.4, 0.5) is 0 Å². The van der Waals surface area contributed by atoms with Gasteiger partial charge in [-0.3, -0.25) is 14.4 Å². The van der Waals surface area contributed by atoms with Crippen LogP contribution in [0.15, 0.2) is 24.3 Å². The molecule has 1 aromatic rings. The molecule has 1 heterocycles. The molecule has 160 valence electrons. The molecule has 1 saturated heterocycles. The highest BCUT2D eigenvalue weighted by molar-refractivity contribution is 6.32. The third-order valence-corrected chi connectivity index (χ3v) is 5.05. The van der Waals surface area contributed by atoms with E-state index in [4.69, 9.17) is 31.0 Å². The van der Waals surface area contributed by atoms with Crippen LogP contribution in [-0.2, 0) is 19.1 Å². The van der Waals surface area contributed by atoms with Crippen molar-refractivity contribution in [2.75, 3.05) is 32.9 Å². The minimum Gasteiger partial charge on any atom is -0.483 e. The van der Waals surface area contributed by atoms with E-state index in [2.05, 4.69) is 5.32 Å². The Morgan fingerprint density at radius 2 is 1.93 bits per heavy atom. The second-order valence-corrected chi connectivity index (χ2v) is 7.08. The number of carbonyl (C=O) groups excluding carboxylic acids is 2. The van der Waals surface area contributed by atoms with Crippen LogP contribution < -0.4 is 10.1 Å². The summed E-state index contributed by atoms with van der Waals surface area (Å²) in [5.74, 6) is -0.181. The average molecular weight is 429 g/mol. The monoisotopic (exact) mass is 428 g/mol. The number of rotatable bonds is 5. The van der Waals surface area contributed by atoms with Crippen LogP contribution in [0.2, 0.25) is 5.02 Å². The second-order valence-electron chi connectivity index (χ2n) is 6.67. The Kier molecular flexibility index (Phi) is 9.17. The highest BCUT2D eigenvalue weighted by Gasteiger charge is 2.39.